The number of hydrogen-bond acceptors (Lipinski definition) is 4. The fourth-order valence-electron chi connectivity index (χ4n) is 2.86. The van der Waals surface area contributed by atoms with Crippen molar-refractivity contribution in [3.05, 3.63) is 78.4 Å². The molecule has 0 heterocycles. The van der Waals surface area contributed by atoms with Gasteiger partial charge in [-0.25, -0.2) is 0 Å². The molecule has 5 heteroatoms. The number of aryl methyl sites for hydroxylation is 1. The Morgan fingerprint density at radius 1 is 0.833 bits per heavy atom. The maximum Gasteiger partial charge on any atom is 0.224 e. The quantitative estimate of drug-likeness (QED) is 0.421. The van der Waals surface area contributed by atoms with E-state index in [1.54, 1.807) is 0 Å². The first-order valence-electron chi connectivity index (χ1n) is 10.1. The molecule has 5 nitrogen and oxygen atoms in total. The number of nitrogens with one attached hydrogen (secondary N) is 1. The van der Waals surface area contributed by atoms with Gasteiger partial charge in [-0.3, -0.25) is 4.79 Å². The number of benzene rings is 3. The maximum atomic E-state index is 12.1. The largest absolute Gasteiger partial charge is 0.494 e. The van der Waals surface area contributed by atoms with Crippen LogP contribution in [0.25, 0.3) is 0 Å². The Hall–Kier alpha value is -3.47. The molecule has 1 N–H and O–H groups in total. The van der Waals surface area contributed by atoms with Crippen LogP contribution in [0.3, 0.4) is 0 Å². The van der Waals surface area contributed by atoms with Crippen LogP contribution in [-0.4, -0.2) is 19.1 Å². The van der Waals surface area contributed by atoms with Gasteiger partial charge in [-0.05, 0) is 86.5 Å². The average molecular weight is 405 g/mol. The summed E-state index contributed by atoms with van der Waals surface area (Å²) in [5.74, 6) is 3.03. The first-order chi connectivity index (χ1) is 14.6. The van der Waals surface area contributed by atoms with Crippen molar-refractivity contribution >= 4 is 11.6 Å². The summed E-state index contributed by atoms with van der Waals surface area (Å²) in [5.41, 5.74) is 1.89. The van der Waals surface area contributed by atoms with Crippen molar-refractivity contribution in [1.29, 1.82) is 0 Å². The average Bonchev–Trinajstić information content (AvgIpc) is 2.74. The number of amides is 1. The molecule has 0 aliphatic carbocycles. The molecule has 156 valence electrons. The first kappa shape index (κ1) is 21.2. The Labute approximate surface area is 177 Å². The number of carbonyl (C=O) groups excluding carboxylic acids is 1. The number of hydrogen-bond donors (Lipinski definition) is 1. The van der Waals surface area contributed by atoms with E-state index in [1.165, 1.54) is 0 Å². The van der Waals surface area contributed by atoms with Crippen molar-refractivity contribution in [2.75, 3.05) is 18.5 Å². The lowest BCUT2D eigenvalue weighted by Gasteiger charge is -2.09. The number of carbonyl (C=O) groups is 1. The number of anilines is 1. The Morgan fingerprint density at radius 2 is 1.50 bits per heavy atom. The van der Waals surface area contributed by atoms with Gasteiger partial charge in [0.05, 0.1) is 13.2 Å². The molecule has 0 atom stereocenters. The molecule has 0 fully saturated rings. The molecule has 0 aromatic heterocycles. The maximum absolute atomic E-state index is 12.1. The monoisotopic (exact) mass is 405 g/mol. The van der Waals surface area contributed by atoms with Crippen LogP contribution in [0.5, 0.6) is 23.0 Å². The van der Waals surface area contributed by atoms with Crippen LogP contribution in [0.2, 0.25) is 0 Å². The second kappa shape index (κ2) is 10.9. The van der Waals surface area contributed by atoms with Crippen molar-refractivity contribution in [3.8, 4) is 23.0 Å². The van der Waals surface area contributed by atoms with Crippen LogP contribution in [-0.2, 0) is 4.79 Å². The van der Waals surface area contributed by atoms with Crippen LogP contribution in [0.4, 0.5) is 5.69 Å². The lowest BCUT2D eigenvalue weighted by atomic mass is 10.2. The number of ether oxygens (including phenoxy) is 3. The van der Waals surface area contributed by atoms with Gasteiger partial charge in [0.15, 0.2) is 0 Å². The molecule has 0 aliphatic heterocycles. The topological polar surface area (TPSA) is 56.8 Å². The molecule has 30 heavy (non-hydrogen) atoms. The van der Waals surface area contributed by atoms with Gasteiger partial charge in [0, 0.05) is 12.1 Å². The molecule has 0 saturated carbocycles. The minimum Gasteiger partial charge on any atom is -0.494 e. The highest BCUT2D eigenvalue weighted by atomic mass is 16.5. The fourth-order valence-corrected chi connectivity index (χ4v) is 2.86. The SMILES string of the molecule is CCOc1ccc(Oc2ccc(NC(=O)CCCOc3cccc(C)c3)cc2)cc1. The first-order valence-corrected chi connectivity index (χ1v) is 10.1. The van der Waals surface area contributed by atoms with E-state index in [2.05, 4.69) is 5.32 Å². The lowest BCUT2D eigenvalue weighted by Crippen LogP contribution is -2.12. The van der Waals surface area contributed by atoms with Gasteiger partial charge in [-0.2, -0.15) is 0 Å². The van der Waals surface area contributed by atoms with E-state index in [0.717, 1.165) is 28.5 Å². The summed E-state index contributed by atoms with van der Waals surface area (Å²) in [4.78, 5) is 12.1. The normalized spacial score (nSPS) is 10.3. The van der Waals surface area contributed by atoms with Gasteiger partial charge in [-0.15, -0.1) is 0 Å². The Bertz CT molecular complexity index is 936. The van der Waals surface area contributed by atoms with Gasteiger partial charge in [0.25, 0.3) is 0 Å². The van der Waals surface area contributed by atoms with Crippen molar-refractivity contribution < 1.29 is 19.0 Å². The van der Waals surface area contributed by atoms with Crippen LogP contribution in [0.15, 0.2) is 72.8 Å². The second-order valence-corrected chi connectivity index (χ2v) is 6.85. The molecule has 1 amide bonds. The zero-order chi connectivity index (χ0) is 21.2. The molecule has 3 aromatic rings. The minimum absolute atomic E-state index is 0.0389. The Balaban J connectivity index is 1.40. The predicted octanol–water partition coefficient (Wildman–Crippen LogP) is 5.98. The summed E-state index contributed by atoms with van der Waals surface area (Å²) < 4.78 is 16.9. The second-order valence-electron chi connectivity index (χ2n) is 6.85. The van der Waals surface area contributed by atoms with Gasteiger partial charge < -0.3 is 19.5 Å². The van der Waals surface area contributed by atoms with Gasteiger partial charge in [-0.1, -0.05) is 12.1 Å². The highest BCUT2D eigenvalue weighted by Gasteiger charge is 2.04. The summed E-state index contributed by atoms with van der Waals surface area (Å²) in [7, 11) is 0. The van der Waals surface area contributed by atoms with E-state index in [9.17, 15) is 4.79 Å². The number of rotatable bonds is 10. The Morgan fingerprint density at radius 3 is 2.17 bits per heavy atom. The predicted molar refractivity (Wildman–Crippen MR) is 119 cm³/mol. The van der Waals surface area contributed by atoms with Crippen molar-refractivity contribution in [3.63, 3.8) is 0 Å². The summed E-state index contributed by atoms with van der Waals surface area (Å²) in [6.07, 6.45) is 1.05. The van der Waals surface area contributed by atoms with E-state index in [1.807, 2.05) is 86.6 Å². The molecule has 3 aromatic carbocycles. The highest BCUT2D eigenvalue weighted by molar-refractivity contribution is 5.90. The van der Waals surface area contributed by atoms with Crippen molar-refractivity contribution in [2.24, 2.45) is 0 Å². The minimum atomic E-state index is -0.0389. The standard InChI is InChI=1S/C25H27NO4/c1-3-28-21-13-15-23(16-14-21)30-22-11-9-20(10-12-22)26-25(27)8-5-17-29-24-7-4-6-19(2)18-24/h4,6-7,9-16,18H,3,5,8,17H2,1-2H3,(H,26,27). The zero-order valence-electron chi connectivity index (χ0n) is 17.4. The van der Waals surface area contributed by atoms with E-state index < -0.39 is 0 Å². The molecular weight excluding hydrogens is 378 g/mol. The van der Waals surface area contributed by atoms with E-state index >= 15 is 0 Å². The molecular formula is C25H27NO4. The fraction of sp³-hybridized carbons (Fsp3) is 0.240. The molecule has 0 bridgehead atoms. The highest BCUT2D eigenvalue weighted by Crippen LogP contribution is 2.25. The molecule has 3 rings (SSSR count). The van der Waals surface area contributed by atoms with E-state index in [-0.39, 0.29) is 5.91 Å². The van der Waals surface area contributed by atoms with Gasteiger partial charge in [0.2, 0.25) is 5.91 Å². The summed E-state index contributed by atoms with van der Waals surface area (Å²) in [6, 6.07) is 22.7. The van der Waals surface area contributed by atoms with Crippen LogP contribution in [0.1, 0.15) is 25.3 Å². The van der Waals surface area contributed by atoms with Crippen LogP contribution < -0.4 is 19.5 Å². The molecule has 0 spiro atoms. The molecule has 0 radical (unpaired) electrons. The molecule has 0 saturated heterocycles. The van der Waals surface area contributed by atoms with Crippen LogP contribution >= 0.6 is 0 Å². The molecule has 0 unspecified atom stereocenters. The Kier molecular flexibility index (Phi) is 7.72. The third kappa shape index (κ3) is 6.85. The zero-order valence-corrected chi connectivity index (χ0v) is 17.4. The van der Waals surface area contributed by atoms with Crippen LogP contribution in [0, 0.1) is 6.92 Å². The molecule has 0 aliphatic rings. The summed E-state index contributed by atoms with van der Waals surface area (Å²) >= 11 is 0. The van der Waals surface area contributed by atoms with E-state index in [0.29, 0.717) is 31.8 Å². The summed E-state index contributed by atoms with van der Waals surface area (Å²) in [5, 5.41) is 2.90. The summed E-state index contributed by atoms with van der Waals surface area (Å²) in [6.45, 7) is 5.11. The third-order valence-electron chi connectivity index (χ3n) is 4.31. The smallest absolute Gasteiger partial charge is 0.224 e. The third-order valence-corrected chi connectivity index (χ3v) is 4.31. The van der Waals surface area contributed by atoms with Gasteiger partial charge in [0.1, 0.15) is 23.0 Å². The van der Waals surface area contributed by atoms with Crippen molar-refractivity contribution in [1.82, 2.24) is 0 Å². The lowest BCUT2D eigenvalue weighted by molar-refractivity contribution is -0.116. The van der Waals surface area contributed by atoms with Gasteiger partial charge >= 0.3 is 0 Å². The van der Waals surface area contributed by atoms with Crippen molar-refractivity contribution in [2.45, 2.75) is 26.7 Å². The van der Waals surface area contributed by atoms with E-state index in [4.69, 9.17) is 14.2 Å².